The minimum atomic E-state index is -0.243. The van der Waals surface area contributed by atoms with Gasteiger partial charge in [-0.05, 0) is 97.2 Å². The molecule has 0 heterocycles. The summed E-state index contributed by atoms with van der Waals surface area (Å²) in [5, 5.41) is 0. The van der Waals surface area contributed by atoms with Gasteiger partial charge in [-0.3, -0.25) is 4.79 Å². The standard InChI is InChI=1S/C36H52O4.C2H6/c1-23(2)11-10-12-24(3)29-15-16-30-33-31(18-20-36(29,30)6)35(5)19-17-28(21-27(35)22-32(33)39-25(4)37)40-34(38)26-13-8-7-9-14-26;1-2/h7-9,13-14,22-24,28-33H,10-12,15-21H2,1-6H3;1-2H3. The molecule has 3 saturated carbocycles. The number of carbonyl (C=O) groups excluding carboxylic acids is 2. The number of hydrogen-bond donors (Lipinski definition) is 0. The second-order valence-corrected chi connectivity index (χ2v) is 14.6. The fourth-order valence-corrected chi connectivity index (χ4v) is 9.81. The minimum absolute atomic E-state index is 0.0826. The SMILES string of the molecule is CC.CC(=O)OC1C=C2CC(OC(=O)c3ccccc3)CCC2(C)C2CCC3(C)C(C(C)CCCC(C)C)CCC3C12. The first-order chi connectivity index (χ1) is 20.0. The van der Waals surface area contributed by atoms with Gasteiger partial charge >= 0.3 is 11.9 Å². The van der Waals surface area contributed by atoms with Crippen LogP contribution in [0.3, 0.4) is 0 Å². The molecule has 0 radical (unpaired) electrons. The van der Waals surface area contributed by atoms with Crippen LogP contribution in [0.2, 0.25) is 0 Å². The van der Waals surface area contributed by atoms with Gasteiger partial charge in [0.2, 0.25) is 0 Å². The van der Waals surface area contributed by atoms with Crippen LogP contribution < -0.4 is 0 Å². The molecule has 234 valence electrons. The predicted octanol–water partition coefficient (Wildman–Crippen LogP) is 9.82. The van der Waals surface area contributed by atoms with E-state index in [-0.39, 0.29) is 29.6 Å². The molecule has 1 aromatic carbocycles. The van der Waals surface area contributed by atoms with E-state index in [9.17, 15) is 9.59 Å². The molecular formula is C38H58O4. The maximum Gasteiger partial charge on any atom is 0.338 e. The third-order valence-corrected chi connectivity index (χ3v) is 11.8. The highest BCUT2D eigenvalue weighted by Gasteiger charge is 2.62. The van der Waals surface area contributed by atoms with Crippen molar-refractivity contribution in [2.75, 3.05) is 0 Å². The monoisotopic (exact) mass is 578 g/mol. The molecule has 1 aromatic rings. The number of rotatable bonds is 8. The van der Waals surface area contributed by atoms with Crippen LogP contribution in [0.15, 0.2) is 42.0 Å². The summed E-state index contributed by atoms with van der Waals surface area (Å²) in [6.45, 7) is 17.8. The third kappa shape index (κ3) is 6.53. The van der Waals surface area contributed by atoms with Gasteiger partial charge in [0.1, 0.15) is 12.2 Å². The number of fused-ring (bicyclic) bond motifs is 5. The van der Waals surface area contributed by atoms with Crippen molar-refractivity contribution in [2.24, 2.45) is 46.3 Å². The first-order valence-electron chi connectivity index (χ1n) is 17.2. The zero-order chi connectivity index (χ0) is 30.7. The summed E-state index contributed by atoms with van der Waals surface area (Å²) in [4.78, 5) is 25.2. The van der Waals surface area contributed by atoms with Crippen molar-refractivity contribution in [3.05, 3.63) is 47.5 Å². The van der Waals surface area contributed by atoms with E-state index in [2.05, 4.69) is 40.7 Å². The molecule has 0 saturated heterocycles. The molecule has 4 heteroatoms. The second-order valence-electron chi connectivity index (χ2n) is 14.6. The molecule has 42 heavy (non-hydrogen) atoms. The molecule has 0 aliphatic heterocycles. The second kappa shape index (κ2) is 13.7. The zero-order valence-corrected chi connectivity index (χ0v) is 27.8. The van der Waals surface area contributed by atoms with Crippen molar-refractivity contribution >= 4 is 11.9 Å². The number of esters is 2. The van der Waals surface area contributed by atoms with Gasteiger partial charge in [-0.1, -0.05) is 91.5 Å². The Bertz CT molecular complexity index is 1090. The Kier molecular flexibility index (Phi) is 10.7. The molecular weight excluding hydrogens is 520 g/mol. The summed E-state index contributed by atoms with van der Waals surface area (Å²) < 4.78 is 12.2. The van der Waals surface area contributed by atoms with E-state index in [0.717, 1.165) is 37.0 Å². The fourth-order valence-electron chi connectivity index (χ4n) is 9.81. The topological polar surface area (TPSA) is 52.6 Å². The molecule has 0 amide bonds. The Morgan fingerprint density at radius 2 is 1.62 bits per heavy atom. The highest BCUT2D eigenvalue weighted by atomic mass is 16.5. The van der Waals surface area contributed by atoms with Crippen molar-refractivity contribution in [1.29, 1.82) is 0 Å². The molecule has 4 aliphatic carbocycles. The van der Waals surface area contributed by atoms with Gasteiger partial charge in [-0.15, -0.1) is 0 Å². The third-order valence-electron chi connectivity index (χ3n) is 11.8. The van der Waals surface area contributed by atoms with Crippen LogP contribution in [-0.2, 0) is 14.3 Å². The molecule has 9 atom stereocenters. The Labute approximate surface area is 256 Å². The highest BCUT2D eigenvalue weighted by Crippen LogP contribution is 2.67. The number of benzene rings is 1. The fraction of sp³-hybridized carbons (Fsp3) is 0.737. The van der Waals surface area contributed by atoms with Crippen molar-refractivity contribution < 1.29 is 19.1 Å². The first kappa shape index (κ1) is 32.8. The lowest BCUT2D eigenvalue weighted by atomic mass is 9.46. The Balaban J connectivity index is 0.00000198. The summed E-state index contributed by atoms with van der Waals surface area (Å²) >= 11 is 0. The van der Waals surface area contributed by atoms with Crippen LogP contribution in [-0.4, -0.2) is 24.1 Å². The minimum Gasteiger partial charge on any atom is -0.458 e. The van der Waals surface area contributed by atoms with E-state index in [1.54, 1.807) is 6.92 Å². The number of hydrogen-bond acceptors (Lipinski definition) is 4. The van der Waals surface area contributed by atoms with Gasteiger partial charge in [0.05, 0.1) is 5.56 Å². The Morgan fingerprint density at radius 1 is 0.905 bits per heavy atom. The van der Waals surface area contributed by atoms with E-state index < -0.39 is 0 Å². The summed E-state index contributed by atoms with van der Waals surface area (Å²) in [5.41, 5.74) is 2.35. The van der Waals surface area contributed by atoms with Crippen LogP contribution in [0, 0.1) is 46.3 Å². The quantitative estimate of drug-likeness (QED) is 0.228. The summed E-state index contributed by atoms with van der Waals surface area (Å²) in [5.74, 6) is 3.34. The van der Waals surface area contributed by atoms with Crippen LogP contribution >= 0.6 is 0 Å². The Morgan fingerprint density at radius 3 is 2.29 bits per heavy atom. The highest BCUT2D eigenvalue weighted by molar-refractivity contribution is 5.89. The zero-order valence-electron chi connectivity index (χ0n) is 27.8. The molecule has 4 aliphatic rings. The molecule has 0 spiro atoms. The van der Waals surface area contributed by atoms with E-state index in [1.165, 1.54) is 50.5 Å². The average Bonchev–Trinajstić information content (AvgIpc) is 3.32. The molecule has 0 N–H and O–H groups in total. The smallest absolute Gasteiger partial charge is 0.338 e. The van der Waals surface area contributed by atoms with E-state index in [4.69, 9.17) is 9.47 Å². The average molecular weight is 579 g/mol. The Hall–Kier alpha value is -2.10. The van der Waals surface area contributed by atoms with E-state index in [0.29, 0.717) is 28.7 Å². The number of ether oxygens (including phenoxy) is 2. The van der Waals surface area contributed by atoms with Gasteiger partial charge in [-0.2, -0.15) is 0 Å². The summed E-state index contributed by atoms with van der Waals surface area (Å²) in [6, 6.07) is 9.29. The molecule has 5 rings (SSSR count). The van der Waals surface area contributed by atoms with Crippen molar-refractivity contribution in [1.82, 2.24) is 0 Å². The number of carbonyl (C=O) groups is 2. The molecule has 0 aromatic heterocycles. The summed E-state index contributed by atoms with van der Waals surface area (Å²) in [6.07, 6.45) is 13.7. The van der Waals surface area contributed by atoms with Crippen molar-refractivity contribution in [2.45, 2.75) is 132 Å². The first-order valence-corrected chi connectivity index (χ1v) is 17.2. The van der Waals surface area contributed by atoms with E-state index in [1.807, 2.05) is 44.2 Å². The largest absolute Gasteiger partial charge is 0.458 e. The van der Waals surface area contributed by atoms with E-state index >= 15 is 0 Å². The van der Waals surface area contributed by atoms with Crippen LogP contribution in [0.5, 0.6) is 0 Å². The van der Waals surface area contributed by atoms with Crippen LogP contribution in [0.1, 0.15) is 130 Å². The molecule has 9 unspecified atom stereocenters. The maximum atomic E-state index is 12.8. The van der Waals surface area contributed by atoms with Crippen LogP contribution in [0.4, 0.5) is 0 Å². The van der Waals surface area contributed by atoms with Crippen molar-refractivity contribution in [3.8, 4) is 0 Å². The molecule has 3 fully saturated rings. The lowest BCUT2D eigenvalue weighted by Gasteiger charge is -2.59. The van der Waals surface area contributed by atoms with Gasteiger partial charge in [-0.25, -0.2) is 4.79 Å². The van der Waals surface area contributed by atoms with Gasteiger partial charge < -0.3 is 9.47 Å². The molecule has 4 nitrogen and oxygen atoms in total. The predicted molar refractivity (Wildman–Crippen MR) is 171 cm³/mol. The van der Waals surface area contributed by atoms with Gasteiger partial charge in [0.25, 0.3) is 0 Å². The van der Waals surface area contributed by atoms with Crippen molar-refractivity contribution in [3.63, 3.8) is 0 Å². The van der Waals surface area contributed by atoms with Crippen LogP contribution in [0.25, 0.3) is 0 Å². The molecule has 0 bridgehead atoms. The lowest BCUT2D eigenvalue weighted by molar-refractivity contribution is -0.158. The lowest BCUT2D eigenvalue weighted by Crippen LogP contribution is -2.55. The van der Waals surface area contributed by atoms with Gasteiger partial charge in [0, 0.05) is 19.3 Å². The normalized spacial score (nSPS) is 35.9. The van der Waals surface area contributed by atoms with Gasteiger partial charge in [0.15, 0.2) is 0 Å². The maximum absolute atomic E-state index is 12.8. The summed E-state index contributed by atoms with van der Waals surface area (Å²) in [7, 11) is 0.